The van der Waals surface area contributed by atoms with Crippen LogP contribution in [0.3, 0.4) is 0 Å². The average molecular weight is 277 g/mol. The number of anilines is 1. The fourth-order valence-electron chi connectivity index (χ4n) is 2.30. The lowest BCUT2D eigenvalue weighted by atomic mass is 10.1. The van der Waals surface area contributed by atoms with Crippen molar-refractivity contribution >= 4 is 17.5 Å². The molecule has 1 aliphatic heterocycles. The van der Waals surface area contributed by atoms with Crippen molar-refractivity contribution in [2.24, 2.45) is 5.73 Å². The first-order valence-corrected chi connectivity index (χ1v) is 6.64. The number of para-hydroxylation sites is 1. The SMILES string of the molecule is CC(Oc1c(N)cccc1C(N)=O)C(=O)N1CCCC1. The number of amides is 2. The first kappa shape index (κ1) is 14.2. The number of nitrogen functional groups attached to an aromatic ring is 1. The Labute approximate surface area is 117 Å². The number of hydrogen-bond acceptors (Lipinski definition) is 4. The van der Waals surface area contributed by atoms with Gasteiger partial charge < -0.3 is 21.1 Å². The summed E-state index contributed by atoms with van der Waals surface area (Å²) in [5.74, 6) is -0.547. The van der Waals surface area contributed by atoms with Gasteiger partial charge >= 0.3 is 0 Å². The number of hydrogen-bond donors (Lipinski definition) is 2. The lowest BCUT2D eigenvalue weighted by Gasteiger charge is -2.22. The molecule has 1 fully saturated rings. The van der Waals surface area contributed by atoms with Gasteiger partial charge in [-0.15, -0.1) is 0 Å². The average Bonchev–Trinajstić information content (AvgIpc) is 2.93. The highest BCUT2D eigenvalue weighted by atomic mass is 16.5. The lowest BCUT2D eigenvalue weighted by molar-refractivity contribution is -0.136. The van der Waals surface area contributed by atoms with E-state index in [1.807, 2.05) is 0 Å². The van der Waals surface area contributed by atoms with E-state index in [0.29, 0.717) is 5.69 Å². The molecule has 0 aliphatic carbocycles. The third-order valence-electron chi connectivity index (χ3n) is 3.37. The van der Waals surface area contributed by atoms with Crippen molar-refractivity contribution in [3.8, 4) is 5.75 Å². The summed E-state index contributed by atoms with van der Waals surface area (Å²) in [5.41, 5.74) is 11.6. The smallest absolute Gasteiger partial charge is 0.263 e. The Balaban J connectivity index is 2.16. The summed E-state index contributed by atoms with van der Waals surface area (Å²) in [6.45, 7) is 3.15. The summed E-state index contributed by atoms with van der Waals surface area (Å²) in [7, 11) is 0. The highest BCUT2D eigenvalue weighted by Crippen LogP contribution is 2.27. The molecule has 1 aromatic rings. The second kappa shape index (κ2) is 5.81. The van der Waals surface area contributed by atoms with E-state index in [0.717, 1.165) is 25.9 Å². The first-order valence-electron chi connectivity index (χ1n) is 6.64. The maximum atomic E-state index is 12.2. The molecule has 108 valence electrons. The van der Waals surface area contributed by atoms with Gasteiger partial charge in [-0.3, -0.25) is 9.59 Å². The van der Waals surface area contributed by atoms with Gasteiger partial charge in [0.15, 0.2) is 11.9 Å². The van der Waals surface area contributed by atoms with E-state index in [2.05, 4.69) is 0 Å². The summed E-state index contributed by atoms with van der Waals surface area (Å²) in [6.07, 6.45) is 1.33. The topological polar surface area (TPSA) is 98.6 Å². The number of ether oxygens (including phenoxy) is 1. The largest absolute Gasteiger partial charge is 0.478 e. The monoisotopic (exact) mass is 277 g/mol. The van der Waals surface area contributed by atoms with E-state index >= 15 is 0 Å². The maximum Gasteiger partial charge on any atom is 0.263 e. The Morgan fingerprint density at radius 2 is 1.95 bits per heavy atom. The van der Waals surface area contributed by atoms with Crippen molar-refractivity contribution in [1.29, 1.82) is 0 Å². The van der Waals surface area contributed by atoms with Gasteiger partial charge in [-0.05, 0) is 31.9 Å². The normalized spacial score (nSPS) is 15.9. The molecule has 0 spiro atoms. The highest BCUT2D eigenvalue weighted by Gasteiger charge is 2.26. The second-order valence-electron chi connectivity index (χ2n) is 4.88. The number of rotatable bonds is 4. The van der Waals surface area contributed by atoms with E-state index < -0.39 is 12.0 Å². The zero-order chi connectivity index (χ0) is 14.7. The van der Waals surface area contributed by atoms with Crippen molar-refractivity contribution < 1.29 is 14.3 Å². The molecule has 6 heteroatoms. The number of carbonyl (C=O) groups excluding carboxylic acids is 2. The first-order chi connectivity index (χ1) is 9.50. The van der Waals surface area contributed by atoms with E-state index in [1.165, 1.54) is 6.07 Å². The molecule has 0 saturated carbocycles. The van der Waals surface area contributed by atoms with Crippen molar-refractivity contribution in [3.05, 3.63) is 23.8 Å². The summed E-state index contributed by atoms with van der Waals surface area (Å²) >= 11 is 0. The van der Waals surface area contributed by atoms with Crippen LogP contribution in [-0.2, 0) is 4.79 Å². The van der Waals surface area contributed by atoms with Crippen LogP contribution in [0.15, 0.2) is 18.2 Å². The van der Waals surface area contributed by atoms with Gasteiger partial charge in [-0.2, -0.15) is 0 Å². The van der Waals surface area contributed by atoms with Crippen LogP contribution < -0.4 is 16.2 Å². The molecule has 1 aromatic carbocycles. The summed E-state index contributed by atoms with van der Waals surface area (Å²) in [5, 5.41) is 0. The maximum absolute atomic E-state index is 12.2. The van der Waals surface area contributed by atoms with Gasteiger partial charge in [0.2, 0.25) is 0 Å². The Bertz CT molecular complexity index is 524. The van der Waals surface area contributed by atoms with Gasteiger partial charge in [0.05, 0.1) is 11.3 Å². The zero-order valence-corrected chi connectivity index (χ0v) is 11.5. The summed E-state index contributed by atoms with van der Waals surface area (Å²) in [6, 6.07) is 4.76. The predicted octanol–water partition coefficient (Wildman–Crippen LogP) is 0.757. The number of carbonyl (C=O) groups is 2. The molecule has 2 rings (SSSR count). The number of benzene rings is 1. The number of nitrogens with zero attached hydrogens (tertiary/aromatic N) is 1. The number of nitrogens with two attached hydrogens (primary N) is 2. The molecule has 0 radical (unpaired) electrons. The van der Waals surface area contributed by atoms with Crippen LogP contribution in [-0.4, -0.2) is 35.9 Å². The zero-order valence-electron chi connectivity index (χ0n) is 11.5. The quantitative estimate of drug-likeness (QED) is 0.794. The molecule has 1 saturated heterocycles. The second-order valence-corrected chi connectivity index (χ2v) is 4.88. The van der Waals surface area contributed by atoms with Crippen LogP contribution in [0.5, 0.6) is 5.75 Å². The molecule has 4 N–H and O–H groups in total. The molecular formula is C14H19N3O3. The van der Waals surface area contributed by atoms with Crippen LogP contribution in [0.25, 0.3) is 0 Å². The lowest BCUT2D eigenvalue weighted by Crippen LogP contribution is -2.39. The van der Waals surface area contributed by atoms with E-state index in [1.54, 1.807) is 24.0 Å². The molecule has 1 atom stereocenters. The molecule has 2 amide bonds. The van der Waals surface area contributed by atoms with Crippen LogP contribution in [0.1, 0.15) is 30.1 Å². The van der Waals surface area contributed by atoms with E-state index in [-0.39, 0.29) is 17.2 Å². The van der Waals surface area contributed by atoms with Gasteiger partial charge in [0.25, 0.3) is 11.8 Å². The molecule has 20 heavy (non-hydrogen) atoms. The Hall–Kier alpha value is -2.24. The Kier molecular flexibility index (Phi) is 4.12. The van der Waals surface area contributed by atoms with Crippen LogP contribution in [0.2, 0.25) is 0 Å². The van der Waals surface area contributed by atoms with Gasteiger partial charge in [0.1, 0.15) is 0 Å². The van der Waals surface area contributed by atoms with Crippen molar-refractivity contribution in [1.82, 2.24) is 4.90 Å². The summed E-state index contributed by atoms with van der Waals surface area (Å²) < 4.78 is 5.59. The molecule has 1 aliphatic rings. The summed E-state index contributed by atoms with van der Waals surface area (Å²) in [4.78, 5) is 25.3. The Morgan fingerprint density at radius 1 is 1.30 bits per heavy atom. The molecular weight excluding hydrogens is 258 g/mol. The van der Waals surface area contributed by atoms with Crippen LogP contribution in [0, 0.1) is 0 Å². The fourth-order valence-corrected chi connectivity index (χ4v) is 2.30. The molecule has 6 nitrogen and oxygen atoms in total. The molecule has 0 aromatic heterocycles. The highest BCUT2D eigenvalue weighted by molar-refractivity contribution is 5.97. The van der Waals surface area contributed by atoms with E-state index in [9.17, 15) is 9.59 Å². The Morgan fingerprint density at radius 3 is 2.55 bits per heavy atom. The minimum Gasteiger partial charge on any atom is -0.478 e. The third kappa shape index (κ3) is 2.84. The van der Waals surface area contributed by atoms with Crippen molar-refractivity contribution in [3.63, 3.8) is 0 Å². The van der Waals surface area contributed by atoms with Crippen LogP contribution in [0.4, 0.5) is 5.69 Å². The van der Waals surface area contributed by atoms with Crippen LogP contribution >= 0.6 is 0 Å². The molecule has 0 bridgehead atoms. The van der Waals surface area contributed by atoms with Gasteiger partial charge in [-0.25, -0.2) is 0 Å². The molecule has 1 heterocycles. The van der Waals surface area contributed by atoms with Crippen molar-refractivity contribution in [2.75, 3.05) is 18.8 Å². The third-order valence-corrected chi connectivity index (χ3v) is 3.37. The molecule has 1 unspecified atom stereocenters. The van der Waals surface area contributed by atoms with Gasteiger partial charge in [0, 0.05) is 13.1 Å². The number of likely N-dealkylation sites (tertiary alicyclic amines) is 1. The minimum absolute atomic E-state index is 0.0961. The van der Waals surface area contributed by atoms with Crippen molar-refractivity contribution in [2.45, 2.75) is 25.9 Å². The fraction of sp³-hybridized carbons (Fsp3) is 0.429. The number of primary amides is 1. The minimum atomic E-state index is -0.698. The predicted molar refractivity (Wildman–Crippen MR) is 75.3 cm³/mol. The van der Waals surface area contributed by atoms with Gasteiger partial charge in [-0.1, -0.05) is 6.07 Å². The van der Waals surface area contributed by atoms with E-state index in [4.69, 9.17) is 16.2 Å². The standard InChI is InChI=1S/C14H19N3O3/c1-9(14(19)17-7-2-3-8-17)20-12-10(13(16)18)5-4-6-11(12)15/h4-6,9H,2-3,7-8,15H2,1H3,(H2,16,18).